The molecule has 1 heterocycles. The minimum absolute atomic E-state index is 0.170. The molecule has 0 aromatic heterocycles. The van der Waals surface area contributed by atoms with Crippen LogP contribution in [0, 0.1) is 15.9 Å². The van der Waals surface area contributed by atoms with Crippen LogP contribution in [-0.4, -0.2) is 48.0 Å². The van der Waals surface area contributed by atoms with Gasteiger partial charge in [0.1, 0.15) is 5.82 Å². The Kier molecular flexibility index (Phi) is 4.81. The van der Waals surface area contributed by atoms with E-state index in [0.717, 1.165) is 44.4 Å². The predicted molar refractivity (Wildman–Crippen MR) is 75.6 cm³/mol. The van der Waals surface area contributed by atoms with Crippen LogP contribution < -0.4 is 10.6 Å². The number of nitrogens with zero attached hydrogens (tertiary/aromatic N) is 2. The first kappa shape index (κ1) is 15.3. The number of rotatable bonds is 4. The van der Waals surface area contributed by atoms with Crippen molar-refractivity contribution in [1.82, 2.24) is 10.2 Å². The Balaban J connectivity index is 2.07. The van der Waals surface area contributed by atoms with Gasteiger partial charge in [0, 0.05) is 38.3 Å². The minimum Gasteiger partial charge on any atom is -0.322 e. The van der Waals surface area contributed by atoms with Gasteiger partial charge in [0.2, 0.25) is 5.91 Å². The van der Waals surface area contributed by atoms with Gasteiger partial charge >= 0.3 is 0 Å². The largest absolute Gasteiger partial charge is 0.322 e. The van der Waals surface area contributed by atoms with Crippen LogP contribution in [0.5, 0.6) is 0 Å². The second kappa shape index (κ2) is 6.59. The third-order valence-electron chi connectivity index (χ3n) is 3.50. The van der Waals surface area contributed by atoms with Gasteiger partial charge in [-0.1, -0.05) is 0 Å². The Morgan fingerprint density at radius 3 is 2.76 bits per heavy atom. The molecule has 1 aromatic rings. The first-order valence-corrected chi connectivity index (χ1v) is 6.68. The number of hydrogen-bond acceptors (Lipinski definition) is 5. The van der Waals surface area contributed by atoms with E-state index in [9.17, 15) is 19.3 Å². The molecule has 1 atom stereocenters. The molecule has 2 rings (SSSR count). The van der Waals surface area contributed by atoms with Crippen molar-refractivity contribution < 1.29 is 14.1 Å². The molecule has 0 saturated carbocycles. The lowest BCUT2D eigenvalue weighted by Crippen LogP contribution is -2.51. The summed E-state index contributed by atoms with van der Waals surface area (Å²) < 4.78 is 13.6. The summed E-state index contributed by atoms with van der Waals surface area (Å²) in [5, 5.41) is 16.3. The number of hydrogen-bond donors (Lipinski definition) is 2. The summed E-state index contributed by atoms with van der Waals surface area (Å²) in [6.45, 7) is 4.78. The lowest BCUT2D eigenvalue weighted by atomic mass is 10.2. The second-order valence-corrected chi connectivity index (χ2v) is 4.87. The summed E-state index contributed by atoms with van der Waals surface area (Å²) in [7, 11) is 0. The van der Waals surface area contributed by atoms with Crippen LogP contribution in [0.25, 0.3) is 0 Å². The zero-order chi connectivity index (χ0) is 15.4. The van der Waals surface area contributed by atoms with E-state index < -0.39 is 16.8 Å². The quantitative estimate of drug-likeness (QED) is 0.638. The van der Waals surface area contributed by atoms with E-state index in [2.05, 4.69) is 10.6 Å². The molecule has 21 heavy (non-hydrogen) atoms. The molecule has 1 fully saturated rings. The smallest absolute Gasteiger partial charge is 0.271 e. The van der Waals surface area contributed by atoms with Crippen molar-refractivity contribution in [3.63, 3.8) is 0 Å². The molecular weight excluding hydrogens is 279 g/mol. The van der Waals surface area contributed by atoms with Gasteiger partial charge in [0.25, 0.3) is 5.69 Å². The van der Waals surface area contributed by atoms with Gasteiger partial charge in [-0.25, -0.2) is 4.39 Å². The molecule has 1 unspecified atom stereocenters. The van der Waals surface area contributed by atoms with Gasteiger partial charge in [-0.3, -0.25) is 19.8 Å². The van der Waals surface area contributed by atoms with Crippen LogP contribution in [0.3, 0.4) is 0 Å². The fourth-order valence-corrected chi connectivity index (χ4v) is 2.20. The molecule has 1 saturated heterocycles. The molecule has 0 aliphatic carbocycles. The number of anilines is 1. The summed E-state index contributed by atoms with van der Waals surface area (Å²) in [5.41, 5.74) is -0.433. The average Bonchev–Trinajstić information content (AvgIpc) is 2.49. The molecule has 1 aromatic carbocycles. The van der Waals surface area contributed by atoms with Crippen molar-refractivity contribution in [2.45, 2.75) is 13.0 Å². The molecule has 0 spiro atoms. The third kappa shape index (κ3) is 3.73. The number of carbonyl (C=O) groups is 1. The molecule has 1 amide bonds. The van der Waals surface area contributed by atoms with E-state index in [1.54, 1.807) is 6.92 Å². The molecular formula is C13H17FN4O3. The Morgan fingerprint density at radius 2 is 2.14 bits per heavy atom. The van der Waals surface area contributed by atoms with Crippen LogP contribution >= 0.6 is 0 Å². The number of nitro benzene ring substituents is 1. The molecule has 8 heteroatoms. The molecule has 114 valence electrons. The topological polar surface area (TPSA) is 87.5 Å². The van der Waals surface area contributed by atoms with Gasteiger partial charge in [-0.15, -0.1) is 0 Å². The van der Waals surface area contributed by atoms with Crippen LogP contribution in [0.15, 0.2) is 18.2 Å². The van der Waals surface area contributed by atoms with Crippen LogP contribution in [0.2, 0.25) is 0 Å². The lowest BCUT2D eigenvalue weighted by molar-refractivity contribution is -0.384. The van der Waals surface area contributed by atoms with Gasteiger partial charge in [0.05, 0.1) is 16.7 Å². The highest BCUT2D eigenvalue weighted by molar-refractivity contribution is 5.94. The zero-order valence-electron chi connectivity index (χ0n) is 11.6. The summed E-state index contributed by atoms with van der Waals surface area (Å²) in [4.78, 5) is 24.2. The standard InChI is InChI=1S/C13H17FN4O3/c1-9(17-6-4-15-5-7-17)13(19)16-12-8-10(18(20)21)2-3-11(12)14/h2-3,8-9,15H,4-7H2,1H3,(H,16,19). The van der Waals surface area contributed by atoms with E-state index in [0.29, 0.717) is 0 Å². The van der Waals surface area contributed by atoms with Crippen LogP contribution in [0.1, 0.15) is 6.92 Å². The molecule has 0 radical (unpaired) electrons. The Labute approximate surface area is 121 Å². The Morgan fingerprint density at radius 1 is 1.48 bits per heavy atom. The zero-order valence-corrected chi connectivity index (χ0v) is 11.6. The summed E-state index contributed by atoms with van der Waals surface area (Å²) in [5.74, 6) is -1.07. The highest BCUT2D eigenvalue weighted by Crippen LogP contribution is 2.21. The predicted octanol–water partition coefficient (Wildman–Crippen LogP) is 0.966. The van der Waals surface area contributed by atoms with Crippen LogP contribution in [-0.2, 0) is 4.79 Å². The highest BCUT2D eigenvalue weighted by Gasteiger charge is 2.24. The Hall–Kier alpha value is -2.06. The van der Waals surface area contributed by atoms with Crippen molar-refractivity contribution in [3.05, 3.63) is 34.1 Å². The minimum atomic E-state index is -0.693. The number of non-ortho nitro benzene ring substituents is 1. The fourth-order valence-electron chi connectivity index (χ4n) is 2.20. The maximum atomic E-state index is 13.6. The van der Waals surface area contributed by atoms with Crippen molar-refractivity contribution >= 4 is 17.3 Å². The van der Waals surface area contributed by atoms with Gasteiger partial charge in [-0.2, -0.15) is 0 Å². The fraction of sp³-hybridized carbons (Fsp3) is 0.462. The van der Waals surface area contributed by atoms with Gasteiger partial charge in [0.15, 0.2) is 0 Å². The van der Waals surface area contributed by atoms with Crippen molar-refractivity contribution in [1.29, 1.82) is 0 Å². The molecule has 1 aliphatic rings. The molecule has 1 aliphatic heterocycles. The van der Waals surface area contributed by atoms with Crippen molar-refractivity contribution in [3.8, 4) is 0 Å². The average molecular weight is 296 g/mol. The third-order valence-corrected chi connectivity index (χ3v) is 3.50. The number of nitrogens with one attached hydrogen (secondary N) is 2. The first-order chi connectivity index (χ1) is 9.99. The van der Waals surface area contributed by atoms with Gasteiger partial charge < -0.3 is 10.6 Å². The maximum Gasteiger partial charge on any atom is 0.271 e. The SMILES string of the molecule is CC(C(=O)Nc1cc([N+](=O)[O-])ccc1F)N1CCNCC1. The summed E-state index contributed by atoms with van der Waals surface area (Å²) in [6.07, 6.45) is 0. The van der Waals surface area contributed by atoms with Gasteiger partial charge in [-0.05, 0) is 13.0 Å². The van der Waals surface area contributed by atoms with Crippen LogP contribution in [0.4, 0.5) is 15.8 Å². The number of benzene rings is 1. The van der Waals surface area contributed by atoms with Crippen molar-refractivity contribution in [2.24, 2.45) is 0 Å². The van der Waals surface area contributed by atoms with E-state index in [-0.39, 0.29) is 17.3 Å². The first-order valence-electron chi connectivity index (χ1n) is 6.68. The Bertz CT molecular complexity index is 546. The van der Waals surface area contributed by atoms with E-state index >= 15 is 0 Å². The summed E-state index contributed by atoms with van der Waals surface area (Å²) in [6, 6.07) is 2.64. The highest BCUT2D eigenvalue weighted by atomic mass is 19.1. The number of amides is 1. The number of nitro groups is 1. The molecule has 2 N–H and O–H groups in total. The van der Waals surface area contributed by atoms with Crippen molar-refractivity contribution in [2.75, 3.05) is 31.5 Å². The number of carbonyl (C=O) groups excluding carboxylic acids is 1. The maximum absolute atomic E-state index is 13.6. The second-order valence-electron chi connectivity index (χ2n) is 4.87. The van der Waals surface area contributed by atoms with E-state index in [1.165, 1.54) is 0 Å². The molecule has 7 nitrogen and oxygen atoms in total. The van der Waals surface area contributed by atoms with E-state index in [1.807, 2.05) is 4.90 Å². The van der Waals surface area contributed by atoms with E-state index in [4.69, 9.17) is 0 Å². The normalized spacial score (nSPS) is 17.2. The summed E-state index contributed by atoms with van der Waals surface area (Å²) >= 11 is 0. The molecule has 0 bridgehead atoms. The number of piperazine rings is 1. The monoisotopic (exact) mass is 296 g/mol. The number of halogens is 1. The lowest BCUT2D eigenvalue weighted by Gasteiger charge is -2.31.